The van der Waals surface area contributed by atoms with Gasteiger partial charge in [0.1, 0.15) is 0 Å². The molecule has 3 atom stereocenters. The van der Waals surface area contributed by atoms with E-state index in [0.717, 1.165) is 6.54 Å². The van der Waals surface area contributed by atoms with Crippen LogP contribution in [0.1, 0.15) is 13.8 Å². The molecule has 0 saturated carbocycles. The number of carboxylic acids is 1. The fraction of sp³-hybridized carbons (Fsp3) is 0.857. The quantitative estimate of drug-likeness (QED) is 0.555. The van der Waals surface area contributed by atoms with Gasteiger partial charge in [0.2, 0.25) is 0 Å². The molecular formula is C7H13NO2. The van der Waals surface area contributed by atoms with Crippen molar-refractivity contribution in [2.24, 2.45) is 11.8 Å². The van der Waals surface area contributed by atoms with E-state index < -0.39 is 5.97 Å². The molecule has 0 radical (unpaired) electrons. The predicted octanol–water partition coefficient (Wildman–Crippen LogP) is 0.315. The molecule has 0 aromatic heterocycles. The van der Waals surface area contributed by atoms with Crippen molar-refractivity contribution in [1.29, 1.82) is 0 Å². The Kier molecular flexibility index (Phi) is 1.94. The van der Waals surface area contributed by atoms with Gasteiger partial charge in [0.15, 0.2) is 0 Å². The van der Waals surface area contributed by atoms with E-state index >= 15 is 0 Å². The molecule has 0 spiro atoms. The van der Waals surface area contributed by atoms with Crippen molar-refractivity contribution < 1.29 is 9.90 Å². The molecule has 1 aliphatic rings. The first-order valence-corrected chi connectivity index (χ1v) is 3.59. The first kappa shape index (κ1) is 7.54. The molecule has 1 heterocycles. The van der Waals surface area contributed by atoms with Gasteiger partial charge < -0.3 is 10.4 Å². The van der Waals surface area contributed by atoms with Gasteiger partial charge in [-0.2, -0.15) is 0 Å². The highest BCUT2D eigenvalue weighted by molar-refractivity contribution is 5.71. The van der Waals surface area contributed by atoms with Gasteiger partial charge in [-0.1, -0.05) is 6.92 Å². The minimum atomic E-state index is -0.676. The molecular weight excluding hydrogens is 130 g/mol. The zero-order valence-electron chi connectivity index (χ0n) is 6.29. The minimum absolute atomic E-state index is 0.132. The van der Waals surface area contributed by atoms with Crippen LogP contribution < -0.4 is 5.32 Å². The van der Waals surface area contributed by atoms with Crippen LogP contribution in [0.5, 0.6) is 0 Å². The van der Waals surface area contributed by atoms with Crippen LogP contribution in [-0.4, -0.2) is 23.7 Å². The van der Waals surface area contributed by atoms with Crippen molar-refractivity contribution in [3.8, 4) is 0 Å². The fourth-order valence-electron chi connectivity index (χ4n) is 1.58. The molecule has 0 bridgehead atoms. The van der Waals surface area contributed by atoms with E-state index in [4.69, 9.17) is 5.11 Å². The summed E-state index contributed by atoms with van der Waals surface area (Å²) in [5.41, 5.74) is 0. The number of carbonyl (C=O) groups is 1. The van der Waals surface area contributed by atoms with Crippen LogP contribution in [-0.2, 0) is 4.79 Å². The van der Waals surface area contributed by atoms with Crippen molar-refractivity contribution in [1.82, 2.24) is 5.32 Å². The van der Waals surface area contributed by atoms with Gasteiger partial charge in [0.05, 0.1) is 5.92 Å². The summed E-state index contributed by atoms with van der Waals surface area (Å²) in [5, 5.41) is 11.8. The summed E-state index contributed by atoms with van der Waals surface area (Å²) in [7, 11) is 0. The number of carboxylic acid groups (broad SMARTS) is 1. The van der Waals surface area contributed by atoms with Crippen molar-refractivity contribution in [2.45, 2.75) is 19.9 Å². The maximum Gasteiger partial charge on any atom is 0.308 e. The number of hydrogen-bond donors (Lipinski definition) is 2. The van der Waals surface area contributed by atoms with E-state index in [2.05, 4.69) is 5.32 Å². The molecule has 2 N–H and O–H groups in total. The van der Waals surface area contributed by atoms with E-state index in [9.17, 15) is 4.79 Å². The number of hydrogen-bond acceptors (Lipinski definition) is 2. The second-order valence-electron chi connectivity index (χ2n) is 3.04. The summed E-state index contributed by atoms with van der Waals surface area (Å²) < 4.78 is 0. The average Bonchev–Trinajstić information content (AvgIpc) is 2.11. The van der Waals surface area contributed by atoms with Gasteiger partial charge in [0.25, 0.3) is 0 Å². The molecule has 1 aliphatic heterocycles. The lowest BCUT2D eigenvalue weighted by Gasteiger charge is -2.12. The van der Waals surface area contributed by atoms with Crippen LogP contribution in [0.3, 0.4) is 0 Å². The number of nitrogens with one attached hydrogen (secondary N) is 1. The first-order chi connectivity index (χ1) is 4.63. The maximum absolute atomic E-state index is 10.6. The summed E-state index contributed by atoms with van der Waals surface area (Å²) in [4.78, 5) is 10.6. The SMILES string of the molecule is CC1CN[C@H](C)C1C(=O)O. The first-order valence-electron chi connectivity index (χ1n) is 3.59. The van der Waals surface area contributed by atoms with Crippen molar-refractivity contribution in [3.63, 3.8) is 0 Å². The van der Waals surface area contributed by atoms with Gasteiger partial charge in [-0.15, -0.1) is 0 Å². The molecule has 3 heteroatoms. The molecule has 0 aromatic carbocycles. The van der Waals surface area contributed by atoms with E-state index in [1.54, 1.807) is 0 Å². The third-order valence-electron chi connectivity index (χ3n) is 2.20. The van der Waals surface area contributed by atoms with E-state index in [0.29, 0.717) is 0 Å². The highest BCUT2D eigenvalue weighted by Crippen LogP contribution is 2.21. The third kappa shape index (κ3) is 1.14. The van der Waals surface area contributed by atoms with E-state index in [1.807, 2.05) is 13.8 Å². The monoisotopic (exact) mass is 143 g/mol. The Morgan fingerprint density at radius 1 is 1.60 bits per heavy atom. The smallest absolute Gasteiger partial charge is 0.308 e. The second-order valence-corrected chi connectivity index (χ2v) is 3.04. The Morgan fingerprint density at radius 2 is 2.20 bits per heavy atom. The molecule has 1 fully saturated rings. The summed E-state index contributed by atoms with van der Waals surface area (Å²) in [5.74, 6) is -0.600. The van der Waals surface area contributed by atoms with E-state index in [-0.39, 0.29) is 17.9 Å². The summed E-state index contributed by atoms with van der Waals surface area (Å²) in [6.45, 7) is 4.72. The lowest BCUT2D eigenvalue weighted by atomic mass is 9.93. The third-order valence-corrected chi connectivity index (χ3v) is 2.20. The van der Waals surface area contributed by atoms with Crippen molar-refractivity contribution in [2.75, 3.05) is 6.54 Å². The van der Waals surface area contributed by atoms with Gasteiger partial charge in [-0.3, -0.25) is 4.79 Å². The predicted molar refractivity (Wildman–Crippen MR) is 37.8 cm³/mol. The Labute approximate surface area is 60.4 Å². The largest absolute Gasteiger partial charge is 0.481 e. The molecule has 0 aromatic rings. The highest BCUT2D eigenvalue weighted by atomic mass is 16.4. The molecule has 3 nitrogen and oxygen atoms in total. The Morgan fingerprint density at radius 3 is 2.40 bits per heavy atom. The molecule has 10 heavy (non-hydrogen) atoms. The van der Waals surface area contributed by atoms with Gasteiger partial charge >= 0.3 is 5.97 Å². The highest BCUT2D eigenvalue weighted by Gasteiger charge is 2.35. The summed E-state index contributed by atoms with van der Waals surface area (Å²) >= 11 is 0. The average molecular weight is 143 g/mol. The van der Waals surface area contributed by atoms with Crippen LogP contribution >= 0.6 is 0 Å². The summed E-state index contributed by atoms with van der Waals surface area (Å²) in [6, 6.07) is 0.132. The zero-order chi connectivity index (χ0) is 7.72. The van der Waals surface area contributed by atoms with Gasteiger partial charge in [-0.25, -0.2) is 0 Å². The maximum atomic E-state index is 10.6. The Hall–Kier alpha value is -0.570. The lowest BCUT2D eigenvalue weighted by Crippen LogP contribution is -2.29. The molecule has 1 rings (SSSR count). The number of aliphatic carboxylic acids is 1. The van der Waals surface area contributed by atoms with Crippen molar-refractivity contribution >= 4 is 5.97 Å². The van der Waals surface area contributed by atoms with Gasteiger partial charge in [0, 0.05) is 6.04 Å². The minimum Gasteiger partial charge on any atom is -0.481 e. The van der Waals surface area contributed by atoms with Crippen LogP contribution in [0.2, 0.25) is 0 Å². The molecule has 1 saturated heterocycles. The van der Waals surface area contributed by atoms with Crippen LogP contribution in [0.4, 0.5) is 0 Å². The zero-order valence-corrected chi connectivity index (χ0v) is 6.29. The standard InChI is InChI=1S/C7H13NO2/c1-4-3-8-5(2)6(4)7(9)10/h4-6,8H,3H2,1-2H3,(H,9,10)/t4?,5-,6?/m1/s1. The Bertz CT molecular complexity index is 137. The second kappa shape index (κ2) is 2.58. The van der Waals surface area contributed by atoms with Crippen LogP contribution in [0.25, 0.3) is 0 Å². The van der Waals surface area contributed by atoms with Crippen LogP contribution in [0, 0.1) is 11.8 Å². The van der Waals surface area contributed by atoms with Crippen molar-refractivity contribution in [3.05, 3.63) is 0 Å². The topological polar surface area (TPSA) is 49.3 Å². The number of rotatable bonds is 1. The van der Waals surface area contributed by atoms with Gasteiger partial charge in [-0.05, 0) is 19.4 Å². The normalized spacial score (nSPS) is 40.0. The summed E-state index contributed by atoms with van der Waals surface area (Å²) in [6.07, 6.45) is 0. The Balaban J connectivity index is 2.63. The van der Waals surface area contributed by atoms with Crippen LogP contribution in [0.15, 0.2) is 0 Å². The molecule has 0 aliphatic carbocycles. The molecule has 58 valence electrons. The van der Waals surface area contributed by atoms with E-state index in [1.165, 1.54) is 0 Å². The molecule has 0 amide bonds. The fourth-order valence-corrected chi connectivity index (χ4v) is 1.58. The lowest BCUT2D eigenvalue weighted by molar-refractivity contribution is -0.143. The molecule has 2 unspecified atom stereocenters.